The highest BCUT2D eigenvalue weighted by molar-refractivity contribution is 9.10. The minimum Gasteiger partial charge on any atom is -0.495 e. The van der Waals surface area contributed by atoms with Gasteiger partial charge in [-0.2, -0.15) is 0 Å². The van der Waals surface area contributed by atoms with E-state index in [-0.39, 0.29) is 27.3 Å². The zero-order valence-corrected chi connectivity index (χ0v) is 18.7. The average molecular weight is 524 g/mol. The van der Waals surface area contributed by atoms with E-state index in [1.807, 2.05) is 0 Å². The number of nitro groups is 1. The van der Waals surface area contributed by atoms with Gasteiger partial charge in [0.1, 0.15) is 16.5 Å². The Hall–Kier alpha value is -3.51. The summed E-state index contributed by atoms with van der Waals surface area (Å²) in [5, 5.41) is 13.5. The minimum atomic E-state index is -4.38. The molecule has 0 saturated carbocycles. The van der Waals surface area contributed by atoms with Crippen LogP contribution >= 0.6 is 15.9 Å². The molecule has 0 spiro atoms. The summed E-state index contributed by atoms with van der Waals surface area (Å²) in [6, 6.07) is 13.2. The molecule has 32 heavy (non-hydrogen) atoms. The zero-order valence-electron chi connectivity index (χ0n) is 16.3. The first kappa shape index (κ1) is 23.2. The van der Waals surface area contributed by atoms with Gasteiger partial charge in [0, 0.05) is 17.7 Å². The molecule has 0 unspecified atom stereocenters. The largest absolute Gasteiger partial charge is 0.495 e. The lowest BCUT2D eigenvalue weighted by atomic mass is 10.2. The number of carbonyl (C=O) groups excluding carboxylic acids is 1. The van der Waals surface area contributed by atoms with Crippen molar-refractivity contribution in [1.29, 1.82) is 0 Å². The summed E-state index contributed by atoms with van der Waals surface area (Å²) in [6.45, 7) is 0. The number of nitrogens with zero attached hydrogens (tertiary/aromatic N) is 1. The third-order valence-corrected chi connectivity index (χ3v) is 6.25. The van der Waals surface area contributed by atoms with Crippen LogP contribution in [-0.2, 0) is 10.0 Å². The molecule has 9 nitrogen and oxygen atoms in total. The SMILES string of the molecule is COc1cc([N+](=O)[O-])ccc1S(=O)(=O)Nc1cc(F)c(Br)cc1NC(=O)c1ccccc1. The van der Waals surface area contributed by atoms with Crippen molar-refractivity contribution in [3.63, 3.8) is 0 Å². The summed E-state index contributed by atoms with van der Waals surface area (Å²) in [5.74, 6) is -1.60. The maximum absolute atomic E-state index is 14.2. The average Bonchev–Trinajstić information content (AvgIpc) is 2.77. The summed E-state index contributed by atoms with van der Waals surface area (Å²) in [5.41, 5.74) is -0.336. The van der Waals surface area contributed by atoms with Crippen molar-refractivity contribution >= 4 is 48.9 Å². The molecule has 0 heterocycles. The molecule has 3 aromatic rings. The predicted molar refractivity (Wildman–Crippen MR) is 119 cm³/mol. The van der Waals surface area contributed by atoms with Gasteiger partial charge in [-0.05, 0) is 40.2 Å². The number of hydrogen-bond donors (Lipinski definition) is 2. The fourth-order valence-electron chi connectivity index (χ4n) is 2.71. The maximum atomic E-state index is 14.2. The molecule has 0 atom stereocenters. The molecular formula is C20H15BrFN3O6S. The number of anilines is 2. The first-order valence-electron chi connectivity index (χ1n) is 8.83. The van der Waals surface area contributed by atoms with Crippen LogP contribution in [0.15, 0.2) is 70.0 Å². The lowest BCUT2D eigenvalue weighted by molar-refractivity contribution is -0.385. The van der Waals surface area contributed by atoms with Crippen molar-refractivity contribution in [2.75, 3.05) is 17.1 Å². The van der Waals surface area contributed by atoms with Gasteiger partial charge in [-0.15, -0.1) is 0 Å². The third kappa shape index (κ3) is 5.03. The summed E-state index contributed by atoms with van der Waals surface area (Å²) < 4.78 is 47.3. The van der Waals surface area contributed by atoms with Crippen LogP contribution in [0.2, 0.25) is 0 Å². The van der Waals surface area contributed by atoms with Gasteiger partial charge >= 0.3 is 0 Å². The molecule has 0 fully saturated rings. The first-order chi connectivity index (χ1) is 15.1. The molecule has 0 radical (unpaired) electrons. The second kappa shape index (κ2) is 9.32. The van der Waals surface area contributed by atoms with Crippen LogP contribution in [0, 0.1) is 15.9 Å². The fraction of sp³-hybridized carbons (Fsp3) is 0.0500. The van der Waals surface area contributed by atoms with Gasteiger partial charge in [0.2, 0.25) is 0 Å². The minimum absolute atomic E-state index is 0.00303. The van der Waals surface area contributed by atoms with Crippen LogP contribution in [0.3, 0.4) is 0 Å². The molecule has 3 aromatic carbocycles. The van der Waals surface area contributed by atoms with Crippen LogP contribution in [-0.4, -0.2) is 26.4 Å². The molecule has 2 N–H and O–H groups in total. The Bertz CT molecular complexity index is 1300. The van der Waals surface area contributed by atoms with E-state index in [0.29, 0.717) is 5.56 Å². The quantitative estimate of drug-likeness (QED) is 0.345. The zero-order chi connectivity index (χ0) is 23.5. The maximum Gasteiger partial charge on any atom is 0.273 e. The van der Waals surface area contributed by atoms with Gasteiger partial charge in [-0.25, -0.2) is 12.8 Å². The Kier molecular flexibility index (Phi) is 6.75. The number of ether oxygens (including phenoxy) is 1. The number of non-ortho nitro benzene ring substituents is 1. The monoisotopic (exact) mass is 523 g/mol. The van der Waals surface area contributed by atoms with Gasteiger partial charge in [0.05, 0.1) is 33.9 Å². The number of sulfonamides is 1. The molecule has 0 bridgehead atoms. The normalized spacial score (nSPS) is 11.0. The van der Waals surface area contributed by atoms with Gasteiger partial charge in [-0.1, -0.05) is 18.2 Å². The van der Waals surface area contributed by atoms with Crippen LogP contribution < -0.4 is 14.8 Å². The topological polar surface area (TPSA) is 128 Å². The van der Waals surface area contributed by atoms with E-state index < -0.39 is 31.6 Å². The number of benzene rings is 3. The van der Waals surface area contributed by atoms with Gasteiger partial charge < -0.3 is 10.1 Å². The lowest BCUT2D eigenvalue weighted by Crippen LogP contribution is -2.18. The number of carbonyl (C=O) groups is 1. The predicted octanol–water partition coefficient (Wildman–Crippen LogP) is 4.56. The highest BCUT2D eigenvalue weighted by atomic mass is 79.9. The molecule has 0 aliphatic carbocycles. The van der Waals surface area contributed by atoms with Crippen LogP contribution in [0.25, 0.3) is 0 Å². The molecule has 0 aromatic heterocycles. The van der Waals surface area contributed by atoms with Crippen molar-refractivity contribution in [1.82, 2.24) is 0 Å². The van der Waals surface area contributed by atoms with E-state index >= 15 is 0 Å². The Morgan fingerprint density at radius 2 is 1.78 bits per heavy atom. The van der Waals surface area contributed by atoms with Crippen LogP contribution in [0.1, 0.15) is 10.4 Å². The smallest absolute Gasteiger partial charge is 0.273 e. The van der Waals surface area contributed by atoms with Crippen molar-refractivity contribution in [2.45, 2.75) is 4.90 Å². The van der Waals surface area contributed by atoms with E-state index in [1.165, 1.54) is 6.07 Å². The molecule has 0 aliphatic rings. The van der Waals surface area contributed by atoms with Crippen molar-refractivity contribution < 1.29 is 27.3 Å². The Morgan fingerprint density at radius 3 is 2.41 bits per heavy atom. The van der Waals surface area contributed by atoms with E-state index in [2.05, 4.69) is 26.0 Å². The number of amides is 1. The van der Waals surface area contributed by atoms with Crippen molar-refractivity contribution in [3.05, 3.63) is 86.6 Å². The third-order valence-electron chi connectivity index (χ3n) is 4.24. The van der Waals surface area contributed by atoms with Gasteiger partial charge in [0.25, 0.3) is 21.6 Å². The lowest BCUT2D eigenvalue weighted by Gasteiger charge is -2.16. The summed E-state index contributed by atoms with van der Waals surface area (Å²) >= 11 is 3.01. The number of methoxy groups -OCH3 is 1. The highest BCUT2D eigenvalue weighted by Gasteiger charge is 2.24. The molecule has 0 aliphatic heterocycles. The van der Waals surface area contributed by atoms with Crippen LogP contribution in [0.4, 0.5) is 21.5 Å². The van der Waals surface area contributed by atoms with Crippen LogP contribution in [0.5, 0.6) is 5.75 Å². The summed E-state index contributed by atoms with van der Waals surface area (Å²) in [7, 11) is -3.23. The van der Waals surface area contributed by atoms with Gasteiger partial charge in [-0.3, -0.25) is 19.6 Å². The highest BCUT2D eigenvalue weighted by Crippen LogP contribution is 2.34. The van der Waals surface area contributed by atoms with E-state index in [0.717, 1.165) is 31.4 Å². The number of nitro benzene ring substituents is 1. The molecule has 0 saturated heterocycles. The van der Waals surface area contributed by atoms with E-state index in [9.17, 15) is 27.7 Å². The second-order valence-electron chi connectivity index (χ2n) is 6.33. The fourth-order valence-corrected chi connectivity index (χ4v) is 4.28. The molecule has 1 amide bonds. The number of rotatable bonds is 7. The van der Waals surface area contributed by atoms with Crippen molar-refractivity contribution in [2.24, 2.45) is 0 Å². The van der Waals surface area contributed by atoms with Gasteiger partial charge in [0.15, 0.2) is 0 Å². The Morgan fingerprint density at radius 1 is 1.09 bits per heavy atom. The van der Waals surface area contributed by atoms with E-state index in [4.69, 9.17) is 4.74 Å². The summed E-state index contributed by atoms with van der Waals surface area (Å²) in [4.78, 5) is 22.4. The first-order valence-corrected chi connectivity index (χ1v) is 11.1. The standard InChI is InChI=1S/C20H15BrFN3O6S/c1-31-18-9-13(25(27)28)7-8-19(18)32(29,30)24-17-11-15(22)14(21)10-16(17)23-20(26)12-5-3-2-4-6-12/h2-11,24H,1H3,(H,23,26). The number of halogens is 2. The van der Waals surface area contributed by atoms with Crippen molar-refractivity contribution in [3.8, 4) is 5.75 Å². The molecule has 12 heteroatoms. The molecule has 3 rings (SSSR count). The van der Waals surface area contributed by atoms with E-state index in [1.54, 1.807) is 30.3 Å². The molecular weight excluding hydrogens is 509 g/mol. The second-order valence-corrected chi connectivity index (χ2v) is 8.83. The Labute approximate surface area is 190 Å². The molecule has 166 valence electrons. The number of nitrogens with one attached hydrogen (secondary N) is 2. The Balaban J connectivity index is 2.00. The number of hydrogen-bond acceptors (Lipinski definition) is 6. The summed E-state index contributed by atoms with van der Waals surface area (Å²) in [6.07, 6.45) is 0.